The Labute approximate surface area is 152 Å². The van der Waals surface area contributed by atoms with E-state index in [1.165, 1.54) is 16.7 Å². The van der Waals surface area contributed by atoms with E-state index >= 15 is 0 Å². The van der Waals surface area contributed by atoms with Crippen LogP contribution in [0.25, 0.3) is 11.1 Å². The van der Waals surface area contributed by atoms with Gasteiger partial charge in [0.25, 0.3) is 0 Å². The molecule has 130 valence electrons. The predicted octanol–water partition coefficient (Wildman–Crippen LogP) is 4.88. The van der Waals surface area contributed by atoms with Crippen LogP contribution in [0, 0.1) is 0 Å². The van der Waals surface area contributed by atoms with Crippen molar-refractivity contribution in [3.63, 3.8) is 0 Å². The monoisotopic (exact) mass is 354 g/mol. The van der Waals surface area contributed by atoms with E-state index in [1.807, 2.05) is 24.0 Å². The molecule has 4 nitrogen and oxygen atoms in total. The number of aryl methyl sites for hydroxylation is 1. The van der Waals surface area contributed by atoms with Crippen LogP contribution in [-0.2, 0) is 16.1 Å². The van der Waals surface area contributed by atoms with Gasteiger partial charge in [0.2, 0.25) is 0 Å². The van der Waals surface area contributed by atoms with Gasteiger partial charge in [-0.05, 0) is 48.6 Å². The van der Waals surface area contributed by atoms with Crippen LogP contribution in [0.15, 0.2) is 52.8 Å². The molecule has 0 saturated carbocycles. The van der Waals surface area contributed by atoms with Gasteiger partial charge in [0, 0.05) is 11.8 Å². The molecule has 1 aromatic heterocycles. The number of hydrogen-bond donors (Lipinski definition) is 0. The molecule has 1 aliphatic heterocycles. The first-order valence-electron chi connectivity index (χ1n) is 8.69. The minimum Gasteiger partial charge on any atom is -0.318 e. The quantitative estimate of drug-likeness (QED) is 0.501. The molecule has 1 aliphatic rings. The minimum absolute atomic E-state index is 0.243. The molecule has 0 atom stereocenters. The van der Waals surface area contributed by atoms with E-state index in [2.05, 4.69) is 52.2 Å². The normalized spacial score (nSPS) is 13.6. The van der Waals surface area contributed by atoms with Gasteiger partial charge in [0.1, 0.15) is 5.03 Å². The summed E-state index contributed by atoms with van der Waals surface area (Å²) >= 11 is 1.81. The molecule has 0 radical (unpaired) electrons. The Morgan fingerprint density at radius 2 is 2.00 bits per heavy atom. The SMILES string of the molecule is CCCSc1ncccc1-c1ccc(CCCC2=NOC(=O)C2)cc1. The van der Waals surface area contributed by atoms with Crippen LogP contribution in [0.1, 0.15) is 38.2 Å². The van der Waals surface area contributed by atoms with Crippen molar-refractivity contribution in [2.45, 2.75) is 44.1 Å². The van der Waals surface area contributed by atoms with Gasteiger partial charge in [-0.25, -0.2) is 9.78 Å². The Bertz CT molecular complexity index is 757. The average molecular weight is 354 g/mol. The topological polar surface area (TPSA) is 51.6 Å². The zero-order valence-corrected chi connectivity index (χ0v) is 15.2. The van der Waals surface area contributed by atoms with Gasteiger partial charge >= 0.3 is 5.97 Å². The van der Waals surface area contributed by atoms with Gasteiger partial charge in [-0.3, -0.25) is 0 Å². The molecule has 3 rings (SSSR count). The molecule has 2 heterocycles. The molecule has 25 heavy (non-hydrogen) atoms. The summed E-state index contributed by atoms with van der Waals surface area (Å²) in [5, 5.41) is 4.89. The van der Waals surface area contributed by atoms with Crippen LogP contribution in [0.5, 0.6) is 0 Å². The highest BCUT2D eigenvalue weighted by atomic mass is 32.2. The van der Waals surface area contributed by atoms with Gasteiger partial charge in [-0.15, -0.1) is 11.8 Å². The fraction of sp³-hybridized carbons (Fsp3) is 0.350. The Kier molecular flexibility index (Phi) is 6.23. The van der Waals surface area contributed by atoms with Crippen molar-refractivity contribution in [2.24, 2.45) is 5.16 Å². The van der Waals surface area contributed by atoms with Gasteiger partial charge in [-0.1, -0.05) is 42.4 Å². The number of benzene rings is 1. The van der Waals surface area contributed by atoms with E-state index in [-0.39, 0.29) is 5.97 Å². The molecule has 0 saturated heterocycles. The number of oxime groups is 1. The van der Waals surface area contributed by atoms with E-state index in [0.717, 1.165) is 42.2 Å². The van der Waals surface area contributed by atoms with Crippen molar-refractivity contribution in [2.75, 3.05) is 5.75 Å². The van der Waals surface area contributed by atoms with Crippen molar-refractivity contribution in [1.82, 2.24) is 4.98 Å². The van der Waals surface area contributed by atoms with Crippen LogP contribution < -0.4 is 0 Å². The number of carbonyl (C=O) groups is 1. The van der Waals surface area contributed by atoms with Crippen molar-refractivity contribution < 1.29 is 9.63 Å². The Morgan fingerprint density at radius 3 is 2.72 bits per heavy atom. The number of pyridine rings is 1. The largest absolute Gasteiger partial charge is 0.340 e. The fourth-order valence-corrected chi connectivity index (χ4v) is 3.63. The van der Waals surface area contributed by atoms with Crippen LogP contribution in [-0.4, -0.2) is 22.4 Å². The summed E-state index contributed by atoms with van der Waals surface area (Å²) in [7, 11) is 0. The van der Waals surface area contributed by atoms with Crippen LogP contribution in [0.2, 0.25) is 0 Å². The second kappa shape index (κ2) is 8.81. The Hall–Kier alpha value is -2.14. The summed E-state index contributed by atoms with van der Waals surface area (Å²) in [6.07, 6.45) is 6.10. The summed E-state index contributed by atoms with van der Waals surface area (Å²) in [6, 6.07) is 12.8. The molecule has 0 amide bonds. The highest BCUT2D eigenvalue weighted by Crippen LogP contribution is 2.30. The number of thioether (sulfide) groups is 1. The van der Waals surface area contributed by atoms with E-state index in [1.54, 1.807) is 0 Å². The zero-order valence-electron chi connectivity index (χ0n) is 14.4. The zero-order chi connectivity index (χ0) is 17.5. The molecule has 0 unspecified atom stereocenters. The molecule has 0 N–H and O–H groups in total. The molecular weight excluding hydrogens is 332 g/mol. The van der Waals surface area contributed by atoms with Crippen molar-refractivity contribution in [1.29, 1.82) is 0 Å². The summed E-state index contributed by atoms with van der Waals surface area (Å²) in [4.78, 5) is 20.1. The summed E-state index contributed by atoms with van der Waals surface area (Å²) in [5.74, 6) is 0.839. The third-order valence-electron chi connectivity index (χ3n) is 4.03. The summed E-state index contributed by atoms with van der Waals surface area (Å²) < 4.78 is 0. The lowest BCUT2D eigenvalue weighted by atomic mass is 10.0. The van der Waals surface area contributed by atoms with E-state index < -0.39 is 0 Å². The fourth-order valence-electron chi connectivity index (χ4n) is 2.75. The first kappa shape index (κ1) is 17.7. The maximum atomic E-state index is 11.0. The first-order chi connectivity index (χ1) is 12.3. The molecule has 0 aliphatic carbocycles. The second-order valence-corrected chi connectivity index (χ2v) is 7.14. The smallest absolute Gasteiger partial charge is 0.318 e. The number of rotatable bonds is 8. The van der Waals surface area contributed by atoms with Gasteiger partial charge < -0.3 is 4.84 Å². The van der Waals surface area contributed by atoms with Gasteiger partial charge in [0.15, 0.2) is 0 Å². The maximum Gasteiger partial charge on any atom is 0.340 e. The number of carbonyl (C=O) groups excluding carboxylic acids is 1. The molecule has 0 bridgehead atoms. The highest BCUT2D eigenvalue weighted by molar-refractivity contribution is 7.99. The van der Waals surface area contributed by atoms with Crippen molar-refractivity contribution in [3.8, 4) is 11.1 Å². The maximum absolute atomic E-state index is 11.0. The molecule has 0 spiro atoms. The van der Waals surface area contributed by atoms with Crippen LogP contribution in [0.4, 0.5) is 0 Å². The van der Waals surface area contributed by atoms with Crippen molar-refractivity contribution in [3.05, 3.63) is 48.2 Å². The second-order valence-electron chi connectivity index (χ2n) is 6.05. The van der Waals surface area contributed by atoms with Gasteiger partial charge in [0.05, 0.1) is 12.1 Å². The number of aromatic nitrogens is 1. The third-order valence-corrected chi connectivity index (χ3v) is 5.25. The molecule has 2 aromatic rings. The molecule has 5 heteroatoms. The highest BCUT2D eigenvalue weighted by Gasteiger charge is 2.16. The van der Waals surface area contributed by atoms with E-state index in [9.17, 15) is 4.79 Å². The Balaban J connectivity index is 1.59. The average Bonchev–Trinajstić information content (AvgIpc) is 3.06. The van der Waals surface area contributed by atoms with Crippen molar-refractivity contribution >= 4 is 23.4 Å². The molecular formula is C20H22N2O2S. The van der Waals surface area contributed by atoms with E-state index in [4.69, 9.17) is 0 Å². The third kappa shape index (κ3) is 4.92. The predicted molar refractivity (Wildman–Crippen MR) is 102 cm³/mol. The first-order valence-corrected chi connectivity index (χ1v) is 9.67. The lowest BCUT2D eigenvalue weighted by Crippen LogP contribution is -1.99. The number of hydrogen-bond acceptors (Lipinski definition) is 5. The Morgan fingerprint density at radius 1 is 1.16 bits per heavy atom. The number of nitrogens with zero attached hydrogens (tertiary/aromatic N) is 2. The summed E-state index contributed by atoms with van der Waals surface area (Å²) in [6.45, 7) is 2.18. The van der Waals surface area contributed by atoms with Gasteiger partial charge in [-0.2, -0.15) is 0 Å². The van der Waals surface area contributed by atoms with Crippen LogP contribution in [0.3, 0.4) is 0 Å². The molecule has 1 aromatic carbocycles. The lowest BCUT2D eigenvalue weighted by Gasteiger charge is -2.09. The van der Waals surface area contributed by atoms with E-state index in [0.29, 0.717) is 6.42 Å². The standard InChI is InChI=1S/C20H22N2O2S/c1-2-13-25-20-18(7-4-12-21-20)16-10-8-15(9-11-16)5-3-6-17-14-19(23)24-22-17/h4,7-12H,2-3,5-6,13-14H2,1H3. The minimum atomic E-state index is -0.243. The summed E-state index contributed by atoms with van der Waals surface area (Å²) in [5.41, 5.74) is 4.55. The van der Waals surface area contributed by atoms with Crippen LogP contribution >= 0.6 is 11.8 Å². The lowest BCUT2D eigenvalue weighted by molar-refractivity contribution is -0.140. The molecule has 0 fully saturated rings.